The van der Waals surface area contributed by atoms with Crippen LogP contribution >= 0.6 is 0 Å². The van der Waals surface area contributed by atoms with Crippen molar-refractivity contribution in [3.05, 3.63) is 51.6 Å². The standard InChI is InChI=1S/C8H6N4O8/c1-3-4(2)6(10(15)16)8(12(19)20)7(11(17)18)5(3)9(13)14/h1-2H3. The minimum Gasteiger partial charge on any atom is -0.258 e. The van der Waals surface area contributed by atoms with Gasteiger partial charge >= 0.3 is 22.7 Å². The van der Waals surface area contributed by atoms with E-state index in [1.165, 1.54) is 0 Å². The van der Waals surface area contributed by atoms with Crippen molar-refractivity contribution in [3.63, 3.8) is 0 Å². The molecule has 0 saturated heterocycles. The third kappa shape index (κ3) is 2.09. The summed E-state index contributed by atoms with van der Waals surface area (Å²) in [5.41, 5.74) is -5.95. The Morgan fingerprint density at radius 3 is 0.900 bits per heavy atom. The Kier molecular flexibility index (Phi) is 3.59. The van der Waals surface area contributed by atoms with Crippen LogP contribution in [0, 0.1) is 54.3 Å². The molecule has 0 spiro atoms. The molecular weight excluding hydrogens is 280 g/mol. The minimum atomic E-state index is -1.49. The number of nitro groups is 4. The molecule has 0 aromatic heterocycles. The highest BCUT2D eigenvalue weighted by Crippen LogP contribution is 2.47. The van der Waals surface area contributed by atoms with E-state index in [0.29, 0.717) is 0 Å². The van der Waals surface area contributed by atoms with Crippen LogP contribution in [-0.2, 0) is 0 Å². The second-order valence-electron chi connectivity index (χ2n) is 3.67. The Morgan fingerprint density at radius 2 is 0.750 bits per heavy atom. The summed E-state index contributed by atoms with van der Waals surface area (Å²) in [6.45, 7) is 2.11. The zero-order valence-electron chi connectivity index (χ0n) is 10.1. The molecule has 0 radical (unpaired) electrons. The fourth-order valence-corrected chi connectivity index (χ4v) is 1.73. The first kappa shape index (κ1) is 14.9. The Morgan fingerprint density at radius 1 is 0.550 bits per heavy atom. The van der Waals surface area contributed by atoms with E-state index in [9.17, 15) is 40.5 Å². The van der Waals surface area contributed by atoms with Crippen LogP contribution in [0.25, 0.3) is 0 Å². The average molecular weight is 286 g/mol. The molecule has 12 heteroatoms. The molecule has 1 rings (SSSR count). The molecule has 0 saturated carbocycles. The van der Waals surface area contributed by atoms with Crippen LogP contribution < -0.4 is 0 Å². The first-order chi connectivity index (χ1) is 9.11. The minimum absolute atomic E-state index is 0.362. The number of nitrogens with zero attached hydrogens (tertiary/aromatic N) is 4. The predicted octanol–water partition coefficient (Wildman–Crippen LogP) is 1.94. The molecule has 0 aliphatic carbocycles. The summed E-state index contributed by atoms with van der Waals surface area (Å²) in [7, 11) is 0. The molecule has 106 valence electrons. The molecule has 0 aliphatic rings. The van der Waals surface area contributed by atoms with Crippen LogP contribution in [0.15, 0.2) is 0 Å². The SMILES string of the molecule is Cc1c(C)c([N+](=O)[O-])c([N+](=O)[O-])c([N+](=O)[O-])c1[N+](=O)[O-]. The van der Waals surface area contributed by atoms with Gasteiger partial charge in [-0.1, -0.05) is 0 Å². The van der Waals surface area contributed by atoms with E-state index in [-0.39, 0.29) is 11.1 Å². The van der Waals surface area contributed by atoms with Gasteiger partial charge in [0.15, 0.2) is 0 Å². The lowest BCUT2D eigenvalue weighted by atomic mass is 10.0. The number of hydrogen-bond donors (Lipinski definition) is 0. The van der Waals surface area contributed by atoms with Crippen LogP contribution in [0.2, 0.25) is 0 Å². The molecule has 0 fully saturated rings. The normalized spacial score (nSPS) is 10.1. The average Bonchev–Trinajstić information content (AvgIpc) is 2.29. The summed E-state index contributed by atoms with van der Waals surface area (Å²) in [6, 6.07) is 0. The fraction of sp³-hybridized carbons (Fsp3) is 0.250. The molecule has 0 bridgehead atoms. The van der Waals surface area contributed by atoms with Crippen LogP contribution in [0.1, 0.15) is 11.1 Å². The fourth-order valence-electron chi connectivity index (χ4n) is 1.73. The summed E-state index contributed by atoms with van der Waals surface area (Å²) >= 11 is 0. The number of hydrogen-bond acceptors (Lipinski definition) is 8. The summed E-state index contributed by atoms with van der Waals surface area (Å²) in [4.78, 5) is 38.4. The van der Waals surface area contributed by atoms with Crippen LogP contribution in [0.4, 0.5) is 22.7 Å². The molecule has 1 aromatic rings. The van der Waals surface area contributed by atoms with Gasteiger partial charge in [0.05, 0.1) is 19.7 Å². The van der Waals surface area contributed by atoms with Gasteiger partial charge in [-0.3, -0.25) is 40.5 Å². The molecule has 1 aromatic carbocycles. The van der Waals surface area contributed by atoms with Gasteiger partial charge in [-0.05, 0) is 13.8 Å². The van der Waals surface area contributed by atoms with E-state index in [2.05, 4.69) is 0 Å². The van der Waals surface area contributed by atoms with Gasteiger partial charge in [-0.15, -0.1) is 0 Å². The van der Waals surface area contributed by atoms with Crippen LogP contribution in [0.3, 0.4) is 0 Å². The molecule has 0 atom stereocenters. The predicted molar refractivity (Wildman–Crippen MR) is 62.5 cm³/mol. The van der Waals surface area contributed by atoms with Gasteiger partial charge in [-0.25, -0.2) is 0 Å². The first-order valence-corrected chi connectivity index (χ1v) is 4.86. The maximum absolute atomic E-state index is 10.9. The van der Waals surface area contributed by atoms with Crippen molar-refractivity contribution < 1.29 is 19.7 Å². The zero-order valence-corrected chi connectivity index (χ0v) is 10.1. The first-order valence-electron chi connectivity index (χ1n) is 4.86. The highest BCUT2D eigenvalue weighted by atomic mass is 16.7. The summed E-state index contributed by atoms with van der Waals surface area (Å²) < 4.78 is 0. The maximum Gasteiger partial charge on any atom is 0.430 e. The van der Waals surface area contributed by atoms with Crippen molar-refractivity contribution in [2.24, 2.45) is 0 Å². The number of nitro benzene ring substituents is 4. The molecule has 0 aliphatic heterocycles. The van der Waals surface area contributed by atoms with Crippen molar-refractivity contribution in [2.75, 3.05) is 0 Å². The molecule has 0 amide bonds. The lowest BCUT2D eigenvalue weighted by Gasteiger charge is -2.04. The Hall–Kier alpha value is -3.18. The summed E-state index contributed by atoms with van der Waals surface area (Å²) in [6.07, 6.45) is 0. The van der Waals surface area contributed by atoms with Crippen molar-refractivity contribution in [3.8, 4) is 0 Å². The third-order valence-electron chi connectivity index (χ3n) is 2.68. The summed E-state index contributed by atoms with van der Waals surface area (Å²) in [5.74, 6) is 0. The lowest BCUT2D eigenvalue weighted by molar-refractivity contribution is -0.452. The maximum atomic E-state index is 10.9. The van der Waals surface area contributed by atoms with Gasteiger partial charge in [0.25, 0.3) is 0 Å². The molecule has 20 heavy (non-hydrogen) atoms. The zero-order chi connectivity index (χ0) is 15.8. The Labute approximate surface area is 109 Å². The second kappa shape index (κ2) is 4.83. The summed E-state index contributed by atoms with van der Waals surface area (Å²) in [5, 5.41) is 43.5. The highest BCUT2D eigenvalue weighted by molar-refractivity contribution is 5.80. The number of benzene rings is 1. The molecule has 0 heterocycles. The van der Waals surface area contributed by atoms with Gasteiger partial charge in [0.1, 0.15) is 0 Å². The van der Waals surface area contributed by atoms with E-state index < -0.39 is 42.4 Å². The monoisotopic (exact) mass is 286 g/mol. The van der Waals surface area contributed by atoms with Gasteiger partial charge < -0.3 is 0 Å². The molecule has 12 nitrogen and oxygen atoms in total. The quantitative estimate of drug-likeness (QED) is 0.595. The Balaban J connectivity index is 4.14. The van der Waals surface area contributed by atoms with Crippen LogP contribution in [0.5, 0.6) is 0 Å². The second-order valence-corrected chi connectivity index (χ2v) is 3.67. The lowest BCUT2D eigenvalue weighted by Crippen LogP contribution is -2.08. The number of rotatable bonds is 4. The van der Waals surface area contributed by atoms with E-state index in [1.807, 2.05) is 0 Å². The van der Waals surface area contributed by atoms with Gasteiger partial charge in [-0.2, -0.15) is 0 Å². The van der Waals surface area contributed by atoms with E-state index >= 15 is 0 Å². The molecule has 0 N–H and O–H groups in total. The van der Waals surface area contributed by atoms with Crippen molar-refractivity contribution in [1.29, 1.82) is 0 Å². The largest absolute Gasteiger partial charge is 0.430 e. The van der Waals surface area contributed by atoms with Crippen LogP contribution in [-0.4, -0.2) is 19.7 Å². The smallest absolute Gasteiger partial charge is 0.258 e. The van der Waals surface area contributed by atoms with Gasteiger partial charge in [0, 0.05) is 11.1 Å². The topological polar surface area (TPSA) is 173 Å². The van der Waals surface area contributed by atoms with Crippen molar-refractivity contribution in [2.45, 2.75) is 13.8 Å². The third-order valence-corrected chi connectivity index (χ3v) is 2.68. The van der Waals surface area contributed by atoms with Crippen molar-refractivity contribution in [1.82, 2.24) is 0 Å². The van der Waals surface area contributed by atoms with E-state index in [4.69, 9.17) is 0 Å². The van der Waals surface area contributed by atoms with E-state index in [1.54, 1.807) is 0 Å². The Bertz CT molecular complexity index is 610. The molecular formula is C8H6N4O8. The van der Waals surface area contributed by atoms with E-state index in [0.717, 1.165) is 13.8 Å². The highest BCUT2D eigenvalue weighted by Gasteiger charge is 2.47. The van der Waals surface area contributed by atoms with Crippen molar-refractivity contribution >= 4 is 22.7 Å². The molecule has 0 unspecified atom stereocenters. The van der Waals surface area contributed by atoms with Gasteiger partial charge in [0.2, 0.25) is 0 Å².